The SMILES string of the molecule is CN=C(NCCc1csc(C)n1)NCCN(C)CC(F)(F)F.I. The molecular weight excluding hydrogens is 442 g/mol. The number of nitrogens with one attached hydrogen (secondary N) is 2. The van der Waals surface area contributed by atoms with Crippen molar-refractivity contribution in [1.82, 2.24) is 20.5 Å². The number of aryl methyl sites for hydroxylation is 1. The Balaban J connectivity index is 0.00000484. The summed E-state index contributed by atoms with van der Waals surface area (Å²) in [5.41, 5.74) is 1.02. The fraction of sp³-hybridized carbons (Fsp3) is 0.692. The fourth-order valence-electron chi connectivity index (χ4n) is 1.80. The summed E-state index contributed by atoms with van der Waals surface area (Å²) in [4.78, 5) is 9.61. The van der Waals surface area contributed by atoms with E-state index in [0.29, 0.717) is 19.0 Å². The number of alkyl halides is 3. The molecule has 1 aromatic rings. The minimum absolute atomic E-state index is 0. The highest BCUT2D eigenvalue weighted by Crippen LogP contribution is 2.14. The third-order valence-electron chi connectivity index (χ3n) is 2.80. The number of halogens is 4. The minimum atomic E-state index is -4.17. The van der Waals surface area contributed by atoms with Crippen LogP contribution in [0, 0.1) is 6.92 Å². The van der Waals surface area contributed by atoms with Gasteiger partial charge in [0.2, 0.25) is 0 Å². The molecule has 1 rings (SSSR count). The summed E-state index contributed by atoms with van der Waals surface area (Å²) in [5, 5.41) is 9.15. The fourth-order valence-corrected chi connectivity index (χ4v) is 2.45. The van der Waals surface area contributed by atoms with Crippen molar-refractivity contribution in [2.45, 2.75) is 19.5 Å². The van der Waals surface area contributed by atoms with Gasteiger partial charge in [-0.25, -0.2) is 4.98 Å². The zero-order chi connectivity index (χ0) is 16.6. The molecule has 10 heteroatoms. The van der Waals surface area contributed by atoms with Crippen molar-refractivity contribution >= 4 is 41.3 Å². The lowest BCUT2D eigenvalue weighted by Crippen LogP contribution is -2.43. The van der Waals surface area contributed by atoms with Crippen LogP contribution in [0.2, 0.25) is 0 Å². The Kier molecular flexibility index (Phi) is 10.7. The van der Waals surface area contributed by atoms with E-state index in [0.717, 1.165) is 17.1 Å². The molecule has 0 spiro atoms. The van der Waals surface area contributed by atoms with Crippen LogP contribution in [0.4, 0.5) is 13.2 Å². The van der Waals surface area contributed by atoms with Gasteiger partial charge in [0.25, 0.3) is 0 Å². The molecule has 2 N–H and O–H groups in total. The summed E-state index contributed by atoms with van der Waals surface area (Å²) >= 11 is 1.61. The van der Waals surface area contributed by atoms with Gasteiger partial charge in [0.15, 0.2) is 5.96 Å². The maximum Gasteiger partial charge on any atom is 0.401 e. The van der Waals surface area contributed by atoms with Crippen LogP contribution in [0.1, 0.15) is 10.7 Å². The van der Waals surface area contributed by atoms with E-state index in [4.69, 9.17) is 0 Å². The number of guanidine groups is 1. The maximum atomic E-state index is 12.2. The number of likely N-dealkylation sites (N-methyl/N-ethyl adjacent to an activating group) is 1. The second kappa shape index (κ2) is 11.0. The molecule has 0 aliphatic carbocycles. The van der Waals surface area contributed by atoms with Crippen molar-refractivity contribution in [1.29, 1.82) is 0 Å². The van der Waals surface area contributed by atoms with E-state index < -0.39 is 12.7 Å². The zero-order valence-corrected chi connectivity index (χ0v) is 16.6. The summed E-state index contributed by atoms with van der Waals surface area (Å²) in [6.45, 7) is 2.39. The standard InChI is InChI=1S/C13H22F3N5S.HI/c1-10-20-11(8-22-10)4-5-18-12(17-2)19-6-7-21(3)9-13(14,15)16;/h8H,4-7,9H2,1-3H3,(H2,17,18,19);1H. The van der Waals surface area contributed by atoms with Crippen LogP contribution in [0.5, 0.6) is 0 Å². The van der Waals surface area contributed by atoms with Crippen LogP contribution in [-0.4, -0.2) is 62.3 Å². The Labute approximate surface area is 155 Å². The van der Waals surface area contributed by atoms with Gasteiger partial charge in [0.05, 0.1) is 17.2 Å². The van der Waals surface area contributed by atoms with Crippen LogP contribution in [-0.2, 0) is 6.42 Å². The van der Waals surface area contributed by atoms with Crippen molar-refractivity contribution in [2.75, 3.05) is 40.3 Å². The molecule has 0 aromatic carbocycles. The van der Waals surface area contributed by atoms with Crippen molar-refractivity contribution < 1.29 is 13.2 Å². The lowest BCUT2D eigenvalue weighted by atomic mass is 10.3. The molecule has 23 heavy (non-hydrogen) atoms. The highest BCUT2D eigenvalue weighted by Gasteiger charge is 2.28. The Morgan fingerprint density at radius 2 is 2.00 bits per heavy atom. The van der Waals surface area contributed by atoms with Gasteiger partial charge in [-0.1, -0.05) is 0 Å². The Morgan fingerprint density at radius 3 is 2.52 bits per heavy atom. The number of hydrogen-bond donors (Lipinski definition) is 2. The molecular formula is C13H23F3IN5S. The summed E-state index contributed by atoms with van der Waals surface area (Å²) in [6.07, 6.45) is -3.39. The molecule has 0 bridgehead atoms. The van der Waals surface area contributed by atoms with Crippen molar-refractivity contribution in [3.8, 4) is 0 Å². The molecule has 5 nitrogen and oxygen atoms in total. The molecule has 134 valence electrons. The number of nitrogens with zero attached hydrogens (tertiary/aromatic N) is 3. The average Bonchev–Trinajstić information content (AvgIpc) is 2.80. The lowest BCUT2D eigenvalue weighted by Gasteiger charge is -2.19. The molecule has 0 saturated heterocycles. The third kappa shape index (κ3) is 10.7. The van der Waals surface area contributed by atoms with E-state index in [-0.39, 0.29) is 30.5 Å². The van der Waals surface area contributed by atoms with Gasteiger partial charge >= 0.3 is 6.18 Å². The number of hydrogen-bond acceptors (Lipinski definition) is 4. The van der Waals surface area contributed by atoms with E-state index >= 15 is 0 Å². The van der Waals surface area contributed by atoms with E-state index in [1.54, 1.807) is 18.4 Å². The quantitative estimate of drug-likeness (QED) is 0.369. The molecule has 0 amide bonds. The zero-order valence-electron chi connectivity index (χ0n) is 13.4. The molecule has 0 radical (unpaired) electrons. The Hall–Kier alpha value is -0.620. The number of rotatable bonds is 7. The van der Waals surface area contributed by atoms with Gasteiger partial charge in [-0.3, -0.25) is 9.89 Å². The van der Waals surface area contributed by atoms with Gasteiger partial charge in [0, 0.05) is 38.5 Å². The van der Waals surface area contributed by atoms with E-state index in [1.165, 1.54) is 11.9 Å². The summed E-state index contributed by atoms with van der Waals surface area (Å²) in [5.74, 6) is 0.576. The summed E-state index contributed by atoms with van der Waals surface area (Å²) in [7, 11) is 3.07. The van der Waals surface area contributed by atoms with Gasteiger partial charge < -0.3 is 10.6 Å². The molecule has 0 aliphatic rings. The predicted molar refractivity (Wildman–Crippen MR) is 98.9 cm³/mol. The predicted octanol–water partition coefficient (Wildman–Crippen LogP) is 2.27. The smallest absolute Gasteiger partial charge is 0.356 e. The molecule has 0 atom stereocenters. The third-order valence-corrected chi connectivity index (χ3v) is 3.62. The van der Waals surface area contributed by atoms with Gasteiger partial charge in [-0.15, -0.1) is 35.3 Å². The maximum absolute atomic E-state index is 12.2. The van der Waals surface area contributed by atoms with E-state index in [2.05, 4.69) is 20.6 Å². The second-order valence-electron chi connectivity index (χ2n) is 4.89. The molecule has 0 fully saturated rings. The monoisotopic (exact) mass is 465 g/mol. The second-order valence-corrected chi connectivity index (χ2v) is 5.95. The van der Waals surface area contributed by atoms with Gasteiger partial charge in [-0.05, 0) is 14.0 Å². The van der Waals surface area contributed by atoms with Crippen molar-refractivity contribution in [2.24, 2.45) is 4.99 Å². The number of aromatic nitrogens is 1. The highest BCUT2D eigenvalue weighted by molar-refractivity contribution is 14.0. The molecule has 0 aliphatic heterocycles. The molecule has 0 unspecified atom stereocenters. The first-order valence-electron chi connectivity index (χ1n) is 6.91. The van der Waals surface area contributed by atoms with E-state index in [9.17, 15) is 13.2 Å². The minimum Gasteiger partial charge on any atom is -0.356 e. The van der Waals surface area contributed by atoms with Crippen molar-refractivity contribution in [3.63, 3.8) is 0 Å². The highest BCUT2D eigenvalue weighted by atomic mass is 127. The average molecular weight is 465 g/mol. The molecule has 1 aromatic heterocycles. The number of aliphatic imine (C=N–C) groups is 1. The first-order valence-corrected chi connectivity index (χ1v) is 7.79. The topological polar surface area (TPSA) is 52.6 Å². The normalized spacial score (nSPS) is 12.2. The first kappa shape index (κ1) is 22.4. The van der Waals surface area contributed by atoms with Crippen LogP contribution < -0.4 is 10.6 Å². The first-order chi connectivity index (χ1) is 10.3. The molecule has 0 saturated carbocycles. The Bertz CT molecular complexity index is 478. The van der Waals surface area contributed by atoms with Crippen LogP contribution in [0.3, 0.4) is 0 Å². The number of thiazole rings is 1. The Morgan fingerprint density at radius 1 is 1.35 bits per heavy atom. The summed E-state index contributed by atoms with van der Waals surface area (Å²) < 4.78 is 36.6. The van der Waals surface area contributed by atoms with Gasteiger partial charge in [0.1, 0.15) is 0 Å². The van der Waals surface area contributed by atoms with Crippen LogP contribution >= 0.6 is 35.3 Å². The van der Waals surface area contributed by atoms with Crippen LogP contribution in [0.15, 0.2) is 10.4 Å². The van der Waals surface area contributed by atoms with Gasteiger partial charge in [-0.2, -0.15) is 13.2 Å². The van der Waals surface area contributed by atoms with Crippen LogP contribution in [0.25, 0.3) is 0 Å². The lowest BCUT2D eigenvalue weighted by molar-refractivity contribution is -0.142. The van der Waals surface area contributed by atoms with E-state index in [1.807, 2.05) is 12.3 Å². The molecule has 1 heterocycles. The van der Waals surface area contributed by atoms with Crippen molar-refractivity contribution in [3.05, 3.63) is 16.1 Å². The summed E-state index contributed by atoms with van der Waals surface area (Å²) in [6, 6.07) is 0. The largest absolute Gasteiger partial charge is 0.401 e.